The van der Waals surface area contributed by atoms with Gasteiger partial charge in [0.05, 0.1) is 0 Å². The number of benzene rings is 4. The van der Waals surface area contributed by atoms with Crippen LogP contribution in [-0.4, -0.2) is 21.3 Å². The molecule has 0 spiro atoms. The van der Waals surface area contributed by atoms with Gasteiger partial charge in [-0.05, 0) is 159 Å². The molecule has 0 aliphatic rings. The highest BCUT2D eigenvalue weighted by Crippen LogP contribution is 2.32. The van der Waals surface area contributed by atoms with Gasteiger partial charge in [-0.15, -0.1) is 0 Å². The first kappa shape index (κ1) is 44.9. The van der Waals surface area contributed by atoms with Crippen LogP contribution in [0, 0.1) is 46.9 Å². The van der Waals surface area contributed by atoms with Crippen molar-refractivity contribution in [2.24, 2.45) is 23.7 Å². The van der Waals surface area contributed by atoms with E-state index in [0.29, 0.717) is 23.7 Å². The Balaban J connectivity index is 0.000000280. The van der Waals surface area contributed by atoms with Gasteiger partial charge in [0.1, 0.15) is 23.3 Å². The van der Waals surface area contributed by atoms with Crippen molar-refractivity contribution in [3.8, 4) is 0 Å². The molecule has 284 valence electrons. The molecule has 4 rings (SSSR count). The minimum atomic E-state index is -0.189. The summed E-state index contributed by atoms with van der Waals surface area (Å²) in [5, 5.41) is 3.96. The predicted octanol–water partition coefficient (Wildman–Crippen LogP) is 14.7. The van der Waals surface area contributed by atoms with Gasteiger partial charge in [0.25, 0.3) is 0 Å². The van der Waals surface area contributed by atoms with Crippen LogP contribution in [0.2, 0.25) is 0 Å². The van der Waals surface area contributed by atoms with Crippen LogP contribution in [0.3, 0.4) is 0 Å². The summed E-state index contributed by atoms with van der Waals surface area (Å²) in [4.78, 5) is 0. The van der Waals surface area contributed by atoms with Crippen LogP contribution in [0.25, 0.3) is 0 Å². The lowest BCUT2D eigenvalue weighted by Crippen LogP contribution is -2.21. The van der Waals surface area contributed by atoms with E-state index in [1.54, 1.807) is 48.5 Å². The minimum absolute atomic E-state index is 0.187. The number of hydrogen-bond donors (Lipinski definition) is 0. The number of alkyl halides is 4. The Morgan fingerprint density at radius 1 is 0.308 bits per heavy atom. The molecular formula is C44H52Br4F4. The Hall–Kier alpha value is -1.48. The van der Waals surface area contributed by atoms with Crippen LogP contribution < -0.4 is 0 Å². The molecule has 0 fully saturated rings. The van der Waals surface area contributed by atoms with Gasteiger partial charge < -0.3 is 0 Å². The molecule has 8 heteroatoms. The summed E-state index contributed by atoms with van der Waals surface area (Å²) in [5.41, 5.74) is 4.74. The first-order valence-corrected chi connectivity index (χ1v) is 22.9. The van der Waals surface area contributed by atoms with Crippen molar-refractivity contribution in [3.63, 3.8) is 0 Å². The van der Waals surface area contributed by atoms with Crippen LogP contribution >= 0.6 is 63.7 Å². The van der Waals surface area contributed by atoms with Crippen LogP contribution in [0.5, 0.6) is 0 Å². The molecule has 0 unspecified atom stereocenters. The van der Waals surface area contributed by atoms with Gasteiger partial charge in [-0.1, -0.05) is 125 Å². The zero-order valence-corrected chi connectivity index (χ0v) is 36.2. The van der Waals surface area contributed by atoms with E-state index in [1.165, 1.54) is 35.1 Å². The van der Waals surface area contributed by atoms with E-state index in [4.69, 9.17) is 0 Å². The van der Waals surface area contributed by atoms with Crippen molar-refractivity contribution in [1.29, 1.82) is 0 Å². The van der Waals surface area contributed by atoms with E-state index in [-0.39, 0.29) is 23.3 Å². The van der Waals surface area contributed by atoms with Gasteiger partial charge in [0.2, 0.25) is 0 Å². The lowest BCUT2D eigenvalue weighted by molar-refractivity contribution is 0.295. The summed E-state index contributed by atoms with van der Waals surface area (Å²) in [6, 6.07) is 27.5. The molecule has 4 atom stereocenters. The van der Waals surface area contributed by atoms with Crippen molar-refractivity contribution in [3.05, 3.63) is 143 Å². The fraction of sp³-hybridized carbons (Fsp3) is 0.455. The molecule has 0 radical (unpaired) electrons. The van der Waals surface area contributed by atoms with Crippen molar-refractivity contribution in [2.45, 2.75) is 77.0 Å². The largest absolute Gasteiger partial charge is 0.207 e. The Morgan fingerprint density at radius 2 is 0.538 bits per heavy atom. The molecular weight excluding hydrogens is 924 g/mol. The summed E-state index contributed by atoms with van der Waals surface area (Å²) in [6.07, 6.45) is 13.0. The van der Waals surface area contributed by atoms with Gasteiger partial charge in [-0.2, -0.15) is 0 Å². The maximum absolute atomic E-state index is 13.2. The number of unbranched alkanes of at least 4 members (excludes halogenated alkanes) is 2. The smallest absolute Gasteiger partial charge is 0.123 e. The number of rotatable bonds is 22. The van der Waals surface area contributed by atoms with Crippen LogP contribution in [0.1, 0.15) is 73.6 Å². The molecule has 0 heterocycles. The Bertz CT molecular complexity index is 1370. The van der Waals surface area contributed by atoms with E-state index in [2.05, 4.69) is 63.7 Å². The second kappa shape index (κ2) is 26.3. The molecule has 0 nitrogen and oxygen atoms in total. The monoisotopic (exact) mass is 972 g/mol. The van der Waals surface area contributed by atoms with Crippen molar-refractivity contribution >= 4 is 63.7 Å². The van der Waals surface area contributed by atoms with Gasteiger partial charge in [0.15, 0.2) is 0 Å². The fourth-order valence-electron chi connectivity index (χ4n) is 6.99. The predicted molar refractivity (Wildman–Crippen MR) is 226 cm³/mol. The Morgan fingerprint density at radius 3 is 0.750 bits per heavy atom. The lowest BCUT2D eigenvalue weighted by atomic mass is 9.78. The van der Waals surface area contributed by atoms with Crippen molar-refractivity contribution in [2.75, 3.05) is 21.3 Å². The molecule has 0 saturated heterocycles. The maximum Gasteiger partial charge on any atom is 0.123 e. The molecule has 0 aromatic heterocycles. The average Bonchev–Trinajstić information content (AvgIpc) is 3.14. The second-order valence-electron chi connectivity index (χ2n) is 13.7. The molecule has 4 aromatic rings. The molecule has 0 amide bonds. The summed E-state index contributed by atoms with van der Waals surface area (Å²) in [7, 11) is 0. The van der Waals surface area contributed by atoms with Gasteiger partial charge >= 0.3 is 0 Å². The van der Waals surface area contributed by atoms with Crippen molar-refractivity contribution < 1.29 is 17.6 Å². The highest BCUT2D eigenvalue weighted by Gasteiger charge is 2.23. The van der Waals surface area contributed by atoms with E-state index >= 15 is 0 Å². The normalized spacial score (nSPS) is 13.5. The van der Waals surface area contributed by atoms with Gasteiger partial charge in [0, 0.05) is 21.3 Å². The van der Waals surface area contributed by atoms with Crippen LogP contribution in [-0.2, 0) is 25.7 Å². The molecule has 52 heavy (non-hydrogen) atoms. The molecule has 0 N–H and O–H groups in total. The summed E-state index contributed by atoms with van der Waals surface area (Å²) < 4.78 is 52.9. The topological polar surface area (TPSA) is 0 Å². The van der Waals surface area contributed by atoms with E-state index < -0.39 is 0 Å². The Kier molecular flexibility index (Phi) is 22.8. The lowest BCUT2D eigenvalue weighted by Gasteiger charge is -2.27. The third-order valence-electron chi connectivity index (χ3n) is 9.85. The zero-order valence-electron chi connectivity index (χ0n) is 29.9. The molecule has 0 aliphatic carbocycles. The molecule has 4 aromatic carbocycles. The quantitative estimate of drug-likeness (QED) is 0.0418. The third kappa shape index (κ3) is 17.8. The van der Waals surface area contributed by atoms with Gasteiger partial charge in [-0.25, -0.2) is 17.6 Å². The first-order valence-electron chi connectivity index (χ1n) is 18.5. The van der Waals surface area contributed by atoms with Crippen LogP contribution in [0.15, 0.2) is 97.1 Å². The summed E-state index contributed by atoms with van der Waals surface area (Å²) >= 11 is 14.2. The Labute approximate surface area is 343 Å². The van der Waals surface area contributed by atoms with Crippen LogP contribution in [0.4, 0.5) is 17.6 Å². The minimum Gasteiger partial charge on any atom is -0.207 e. The van der Waals surface area contributed by atoms with Gasteiger partial charge in [-0.3, -0.25) is 0 Å². The highest BCUT2D eigenvalue weighted by molar-refractivity contribution is 9.09. The molecule has 0 bridgehead atoms. The van der Waals surface area contributed by atoms with Crippen molar-refractivity contribution in [1.82, 2.24) is 0 Å². The molecule has 0 saturated carbocycles. The average molecular weight is 977 g/mol. The third-order valence-corrected chi connectivity index (χ3v) is 11.9. The standard InChI is InChI=1S/2C22H26Br2F2/c2*23-13-2-1-3-19(15-17-4-8-21(25)9-5-17)20(12-14-24)16-18-6-10-22(26)11-7-18/h2*4-11,19-20H,1-3,12-16H2/t2*19-,20-/m10/s1. The SMILES string of the molecule is Fc1ccc(C[C@@H](CCBr)[C@H](CCCCBr)Cc2ccc(F)cc2)cc1.Fc1ccc(C[C@H](CCBr)[C@@H](CCCCBr)Cc2ccc(F)cc2)cc1. The zero-order chi connectivity index (χ0) is 37.6. The maximum atomic E-state index is 13.2. The summed E-state index contributed by atoms with van der Waals surface area (Å²) in [6.45, 7) is 0. The molecule has 0 aliphatic heterocycles. The highest BCUT2D eigenvalue weighted by atomic mass is 79.9. The van der Waals surface area contributed by atoms with E-state index in [0.717, 1.165) is 85.5 Å². The number of hydrogen-bond acceptors (Lipinski definition) is 0. The second-order valence-corrected chi connectivity index (χ2v) is 16.9. The van der Waals surface area contributed by atoms with E-state index in [1.807, 2.05) is 48.5 Å². The number of halogens is 8. The fourth-order valence-corrected chi connectivity index (χ4v) is 8.96. The first-order chi connectivity index (χ1) is 25.2. The summed E-state index contributed by atoms with van der Waals surface area (Å²) in [5.74, 6) is 1.34. The van der Waals surface area contributed by atoms with E-state index in [9.17, 15) is 17.6 Å².